The zero-order chi connectivity index (χ0) is 12.5. The lowest BCUT2D eigenvalue weighted by Gasteiger charge is -2.12. The average molecular weight is 276 g/mol. The Morgan fingerprint density at radius 2 is 2.29 bits per heavy atom. The molecule has 0 radical (unpaired) electrons. The molecule has 2 rings (SSSR count). The van der Waals surface area contributed by atoms with Crippen molar-refractivity contribution in [2.24, 2.45) is 5.92 Å². The van der Waals surface area contributed by atoms with Gasteiger partial charge in [-0.15, -0.1) is 0 Å². The first kappa shape index (κ1) is 12.6. The van der Waals surface area contributed by atoms with Crippen LogP contribution in [-0.4, -0.2) is 36.4 Å². The molecule has 7 heteroatoms. The van der Waals surface area contributed by atoms with Crippen LogP contribution in [0.15, 0.2) is 6.33 Å². The second-order valence-electron chi connectivity index (χ2n) is 4.29. The molecule has 0 aliphatic carbocycles. The summed E-state index contributed by atoms with van der Waals surface area (Å²) in [5.74, 6) is 1.39. The van der Waals surface area contributed by atoms with Gasteiger partial charge in [-0.3, -0.25) is 0 Å². The van der Waals surface area contributed by atoms with Gasteiger partial charge in [0.25, 0.3) is 0 Å². The Balaban J connectivity index is 1.97. The second kappa shape index (κ2) is 4.78. The van der Waals surface area contributed by atoms with Crippen LogP contribution in [-0.2, 0) is 9.84 Å². The van der Waals surface area contributed by atoms with Gasteiger partial charge in [-0.1, -0.05) is 11.6 Å². The SMILES string of the molecule is Cc1c(Cl)ncnc1NCC1CCS(=O)(=O)C1. The number of hydrogen-bond donors (Lipinski definition) is 1. The van der Waals surface area contributed by atoms with Crippen LogP contribution in [0.5, 0.6) is 0 Å². The lowest BCUT2D eigenvalue weighted by Crippen LogP contribution is -2.17. The summed E-state index contributed by atoms with van der Waals surface area (Å²) in [6, 6.07) is 0. The van der Waals surface area contributed by atoms with E-state index < -0.39 is 9.84 Å². The predicted molar refractivity (Wildman–Crippen MR) is 67.0 cm³/mol. The molecule has 1 fully saturated rings. The summed E-state index contributed by atoms with van der Waals surface area (Å²) in [6.45, 7) is 2.43. The maximum atomic E-state index is 11.3. The molecule has 2 heterocycles. The predicted octanol–water partition coefficient (Wildman–Crippen LogP) is 1.29. The largest absolute Gasteiger partial charge is 0.369 e. The van der Waals surface area contributed by atoms with Crippen LogP contribution in [0.4, 0.5) is 5.82 Å². The van der Waals surface area contributed by atoms with Gasteiger partial charge in [0, 0.05) is 12.1 Å². The van der Waals surface area contributed by atoms with E-state index in [1.54, 1.807) is 0 Å². The minimum absolute atomic E-state index is 0.160. The van der Waals surface area contributed by atoms with Gasteiger partial charge in [0.05, 0.1) is 11.5 Å². The smallest absolute Gasteiger partial charge is 0.150 e. The minimum atomic E-state index is -2.82. The molecule has 1 atom stereocenters. The molecule has 94 valence electrons. The van der Waals surface area contributed by atoms with Crippen LogP contribution in [0, 0.1) is 12.8 Å². The van der Waals surface area contributed by atoms with Crippen LogP contribution in [0.25, 0.3) is 0 Å². The first-order valence-electron chi connectivity index (χ1n) is 5.39. The van der Waals surface area contributed by atoms with E-state index in [4.69, 9.17) is 11.6 Å². The van der Waals surface area contributed by atoms with E-state index in [-0.39, 0.29) is 11.7 Å². The molecule has 0 saturated carbocycles. The van der Waals surface area contributed by atoms with E-state index in [0.717, 1.165) is 5.56 Å². The van der Waals surface area contributed by atoms with Crippen LogP contribution >= 0.6 is 11.6 Å². The standard InChI is InChI=1S/C10H14ClN3O2S/c1-7-9(11)13-6-14-10(7)12-4-8-2-3-17(15,16)5-8/h6,8H,2-5H2,1H3,(H,12,13,14). The van der Waals surface area contributed by atoms with Crippen LogP contribution < -0.4 is 5.32 Å². The fourth-order valence-electron chi connectivity index (χ4n) is 1.88. The van der Waals surface area contributed by atoms with Crippen molar-refractivity contribution >= 4 is 27.3 Å². The molecule has 1 aromatic rings. The zero-order valence-electron chi connectivity index (χ0n) is 9.48. The number of anilines is 1. The Labute approximate surface area is 106 Å². The first-order valence-corrected chi connectivity index (χ1v) is 7.59. The van der Waals surface area contributed by atoms with Gasteiger partial charge in [-0.2, -0.15) is 0 Å². The fourth-order valence-corrected chi connectivity index (χ4v) is 3.88. The third-order valence-electron chi connectivity index (χ3n) is 2.91. The van der Waals surface area contributed by atoms with Gasteiger partial charge < -0.3 is 5.32 Å². The molecule has 1 aliphatic heterocycles. The Bertz CT molecular complexity index is 518. The Morgan fingerprint density at radius 3 is 2.94 bits per heavy atom. The van der Waals surface area contributed by atoms with Crippen molar-refractivity contribution < 1.29 is 8.42 Å². The van der Waals surface area contributed by atoms with E-state index in [0.29, 0.717) is 29.7 Å². The highest BCUT2D eigenvalue weighted by Crippen LogP contribution is 2.21. The molecular weight excluding hydrogens is 262 g/mol. The number of rotatable bonds is 3. The summed E-state index contributed by atoms with van der Waals surface area (Å²) < 4.78 is 22.6. The van der Waals surface area contributed by atoms with Crippen molar-refractivity contribution in [2.45, 2.75) is 13.3 Å². The van der Waals surface area contributed by atoms with Crippen molar-refractivity contribution in [3.05, 3.63) is 17.0 Å². The fraction of sp³-hybridized carbons (Fsp3) is 0.600. The molecule has 1 saturated heterocycles. The minimum Gasteiger partial charge on any atom is -0.369 e. The second-order valence-corrected chi connectivity index (χ2v) is 6.87. The van der Waals surface area contributed by atoms with Gasteiger partial charge in [-0.25, -0.2) is 18.4 Å². The number of sulfone groups is 1. The number of halogens is 1. The van der Waals surface area contributed by atoms with E-state index in [2.05, 4.69) is 15.3 Å². The molecule has 0 aromatic carbocycles. The molecule has 1 N–H and O–H groups in total. The maximum Gasteiger partial charge on any atom is 0.150 e. The number of aromatic nitrogens is 2. The normalized spacial score (nSPS) is 22.6. The highest BCUT2D eigenvalue weighted by Gasteiger charge is 2.27. The van der Waals surface area contributed by atoms with Crippen molar-refractivity contribution in [2.75, 3.05) is 23.4 Å². The lowest BCUT2D eigenvalue weighted by molar-refractivity contribution is 0.595. The Hall–Kier alpha value is -0.880. The Kier molecular flexibility index (Phi) is 3.53. The van der Waals surface area contributed by atoms with Crippen molar-refractivity contribution in [1.82, 2.24) is 9.97 Å². The van der Waals surface area contributed by atoms with Crippen molar-refractivity contribution in [1.29, 1.82) is 0 Å². The van der Waals surface area contributed by atoms with Gasteiger partial charge in [0.2, 0.25) is 0 Å². The lowest BCUT2D eigenvalue weighted by atomic mass is 10.1. The number of nitrogens with one attached hydrogen (secondary N) is 1. The molecule has 5 nitrogen and oxygen atoms in total. The summed E-state index contributed by atoms with van der Waals surface area (Å²) in [4.78, 5) is 7.94. The molecular formula is C10H14ClN3O2S. The molecule has 1 aromatic heterocycles. The van der Waals surface area contributed by atoms with E-state index in [9.17, 15) is 8.42 Å². The summed E-state index contributed by atoms with van der Waals surface area (Å²) >= 11 is 5.87. The number of nitrogens with zero attached hydrogens (tertiary/aromatic N) is 2. The quantitative estimate of drug-likeness (QED) is 0.842. The third kappa shape index (κ3) is 3.07. The van der Waals surface area contributed by atoms with Gasteiger partial charge >= 0.3 is 0 Å². The average Bonchev–Trinajstić information content (AvgIpc) is 2.61. The molecule has 1 aliphatic rings. The summed E-state index contributed by atoms with van der Waals surface area (Å²) in [5, 5.41) is 3.55. The highest BCUT2D eigenvalue weighted by atomic mass is 35.5. The molecule has 0 spiro atoms. The van der Waals surface area contributed by atoms with Crippen molar-refractivity contribution in [3.8, 4) is 0 Å². The first-order chi connectivity index (χ1) is 7.98. The zero-order valence-corrected chi connectivity index (χ0v) is 11.1. The maximum absolute atomic E-state index is 11.3. The van der Waals surface area contributed by atoms with Gasteiger partial charge in [-0.05, 0) is 19.3 Å². The van der Waals surface area contributed by atoms with Gasteiger partial charge in [0.1, 0.15) is 17.3 Å². The Morgan fingerprint density at radius 1 is 1.53 bits per heavy atom. The van der Waals surface area contributed by atoms with E-state index in [1.807, 2.05) is 6.92 Å². The van der Waals surface area contributed by atoms with Gasteiger partial charge in [0.15, 0.2) is 9.84 Å². The van der Waals surface area contributed by atoms with E-state index in [1.165, 1.54) is 6.33 Å². The van der Waals surface area contributed by atoms with Crippen LogP contribution in [0.1, 0.15) is 12.0 Å². The highest BCUT2D eigenvalue weighted by molar-refractivity contribution is 7.91. The monoisotopic (exact) mass is 275 g/mol. The molecule has 1 unspecified atom stereocenters. The summed E-state index contributed by atoms with van der Waals surface area (Å²) in [6.07, 6.45) is 2.11. The molecule has 17 heavy (non-hydrogen) atoms. The molecule has 0 amide bonds. The number of hydrogen-bond acceptors (Lipinski definition) is 5. The van der Waals surface area contributed by atoms with Crippen molar-refractivity contribution in [3.63, 3.8) is 0 Å². The summed E-state index contributed by atoms with van der Waals surface area (Å²) in [7, 11) is -2.82. The third-order valence-corrected chi connectivity index (χ3v) is 5.13. The summed E-state index contributed by atoms with van der Waals surface area (Å²) in [5.41, 5.74) is 0.787. The van der Waals surface area contributed by atoms with E-state index >= 15 is 0 Å². The van der Waals surface area contributed by atoms with Crippen LogP contribution in [0.3, 0.4) is 0 Å². The van der Waals surface area contributed by atoms with Crippen LogP contribution in [0.2, 0.25) is 5.15 Å². The molecule has 0 bridgehead atoms. The topological polar surface area (TPSA) is 72.0 Å².